The van der Waals surface area contributed by atoms with Crippen LogP contribution in [-0.2, 0) is 9.47 Å². The lowest BCUT2D eigenvalue weighted by Gasteiger charge is -2.23. The topological polar surface area (TPSA) is 36.9 Å². The van der Waals surface area contributed by atoms with Gasteiger partial charge in [-0.1, -0.05) is 36.4 Å². The number of rotatable bonds is 6. The van der Waals surface area contributed by atoms with E-state index in [4.69, 9.17) is 31.6 Å². The van der Waals surface area contributed by atoms with Crippen LogP contribution in [0.3, 0.4) is 0 Å². The zero-order chi connectivity index (χ0) is 22.5. The number of hydrogen-bond donors (Lipinski definition) is 1. The third-order valence-electron chi connectivity index (χ3n) is 6.16. The van der Waals surface area contributed by atoms with Crippen LogP contribution in [0.25, 0.3) is 22.3 Å². The maximum Gasteiger partial charge on any atom is 0.199 e. The van der Waals surface area contributed by atoms with Gasteiger partial charge < -0.3 is 18.9 Å². The maximum absolute atomic E-state index is 6.00. The average Bonchev–Trinajstić information content (AvgIpc) is 2.86. The summed E-state index contributed by atoms with van der Waals surface area (Å²) in [5.41, 5.74) is 4.45. The Bertz CT molecular complexity index is 1040. The van der Waals surface area contributed by atoms with Gasteiger partial charge in [-0.2, -0.15) is 0 Å². The molecule has 0 N–H and O–H groups in total. The molecule has 2 aliphatic heterocycles. The highest BCUT2D eigenvalue weighted by Gasteiger charge is 2.17. The molecule has 0 amide bonds. The molecule has 0 radical (unpaired) electrons. The van der Waals surface area contributed by atoms with Crippen molar-refractivity contribution in [1.29, 1.82) is 0 Å². The third-order valence-corrected chi connectivity index (χ3v) is 6.53. The molecule has 4 nitrogen and oxygen atoms in total. The second-order valence-electron chi connectivity index (χ2n) is 8.58. The molecular weight excluding hydrogens is 432 g/mol. The monoisotopic (exact) mass is 462 g/mol. The van der Waals surface area contributed by atoms with Gasteiger partial charge in [0.2, 0.25) is 0 Å². The Hall–Kier alpha value is -2.47. The Balaban J connectivity index is 1.35. The van der Waals surface area contributed by atoms with Crippen LogP contribution in [0, 0.1) is 0 Å². The van der Waals surface area contributed by atoms with Gasteiger partial charge in [0.25, 0.3) is 0 Å². The van der Waals surface area contributed by atoms with E-state index in [0.717, 1.165) is 90.4 Å². The van der Waals surface area contributed by atoms with Gasteiger partial charge in [-0.25, -0.2) is 0 Å². The van der Waals surface area contributed by atoms with E-state index in [1.807, 2.05) is 36.4 Å². The fourth-order valence-corrected chi connectivity index (χ4v) is 4.74. The van der Waals surface area contributed by atoms with Crippen LogP contribution < -0.4 is 9.47 Å². The van der Waals surface area contributed by atoms with E-state index in [1.165, 1.54) is 0 Å². The van der Waals surface area contributed by atoms with Crippen molar-refractivity contribution in [2.75, 3.05) is 13.2 Å². The van der Waals surface area contributed by atoms with Crippen molar-refractivity contribution < 1.29 is 18.9 Å². The van der Waals surface area contributed by atoms with E-state index in [9.17, 15) is 0 Å². The summed E-state index contributed by atoms with van der Waals surface area (Å²) in [5, 5.41) is 0. The van der Waals surface area contributed by atoms with Crippen molar-refractivity contribution >= 4 is 12.6 Å². The van der Waals surface area contributed by atoms with E-state index < -0.39 is 0 Å². The standard InChI is InChI=1S/C28H30O4S/c33-25-7-5-6-24(20-10-14-22(15-11-20)31-26-8-1-3-18-29-26)28(25)21-12-16-23(17-13-21)32-27-9-2-4-19-30-27/h5-7,10-17,26-27,33H,1-4,8-9,18-19H2. The van der Waals surface area contributed by atoms with E-state index in [-0.39, 0.29) is 12.6 Å². The van der Waals surface area contributed by atoms with E-state index in [1.54, 1.807) is 0 Å². The lowest BCUT2D eigenvalue weighted by atomic mass is 9.94. The molecular formula is C28H30O4S. The normalized spacial score (nSPS) is 20.9. The van der Waals surface area contributed by atoms with Crippen LogP contribution in [0.15, 0.2) is 71.6 Å². The minimum absolute atomic E-state index is 0.138. The molecule has 2 unspecified atom stereocenters. The van der Waals surface area contributed by atoms with Crippen LogP contribution in [0.1, 0.15) is 38.5 Å². The van der Waals surface area contributed by atoms with Gasteiger partial charge in [0.1, 0.15) is 11.5 Å². The largest absolute Gasteiger partial charge is 0.465 e. The average molecular weight is 463 g/mol. The zero-order valence-electron chi connectivity index (χ0n) is 18.7. The summed E-state index contributed by atoms with van der Waals surface area (Å²) in [7, 11) is 0. The maximum atomic E-state index is 6.00. The van der Waals surface area contributed by atoms with Crippen LogP contribution in [-0.4, -0.2) is 25.8 Å². The summed E-state index contributed by atoms with van der Waals surface area (Å²) in [6.45, 7) is 1.55. The molecule has 2 atom stereocenters. The Morgan fingerprint density at radius 2 is 1.18 bits per heavy atom. The molecule has 33 heavy (non-hydrogen) atoms. The molecule has 0 aliphatic carbocycles. The first-order chi connectivity index (χ1) is 16.3. The van der Waals surface area contributed by atoms with Crippen molar-refractivity contribution in [2.24, 2.45) is 0 Å². The second-order valence-corrected chi connectivity index (χ2v) is 9.06. The third kappa shape index (κ3) is 5.55. The highest BCUT2D eigenvalue weighted by atomic mass is 32.1. The van der Waals surface area contributed by atoms with Gasteiger partial charge in [-0.05, 0) is 72.7 Å². The number of benzene rings is 3. The van der Waals surface area contributed by atoms with Gasteiger partial charge in [0.05, 0.1) is 13.2 Å². The summed E-state index contributed by atoms with van der Waals surface area (Å²) < 4.78 is 23.4. The lowest BCUT2D eigenvalue weighted by Crippen LogP contribution is -2.24. The van der Waals surface area contributed by atoms with Crippen LogP contribution >= 0.6 is 12.6 Å². The summed E-state index contributed by atoms with van der Waals surface area (Å²) in [6.07, 6.45) is 6.13. The number of thiol groups is 1. The lowest BCUT2D eigenvalue weighted by molar-refractivity contribution is -0.106. The summed E-state index contributed by atoms with van der Waals surface area (Å²) in [4.78, 5) is 0.938. The van der Waals surface area contributed by atoms with Crippen molar-refractivity contribution in [1.82, 2.24) is 0 Å². The number of ether oxygens (including phenoxy) is 4. The Morgan fingerprint density at radius 3 is 1.70 bits per heavy atom. The van der Waals surface area contributed by atoms with Gasteiger partial charge in [-0.15, -0.1) is 12.6 Å². The van der Waals surface area contributed by atoms with Gasteiger partial charge >= 0.3 is 0 Å². The molecule has 5 rings (SSSR count). The molecule has 0 aromatic heterocycles. The van der Waals surface area contributed by atoms with E-state index >= 15 is 0 Å². The van der Waals surface area contributed by atoms with Crippen molar-refractivity contribution in [3.05, 3.63) is 66.7 Å². The highest BCUT2D eigenvalue weighted by molar-refractivity contribution is 7.80. The predicted molar refractivity (Wildman–Crippen MR) is 133 cm³/mol. The van der Waals surface area contributed by atoms with Gasteiger partial charge in [0, 0.05) is 23.3 Å². The first-order valence-electron chi connectivity index (χ1n) is 11.9. The number of hydrogen-bond acceptors (Lipinski definition) is 5. The molecule has 2 fully saturated rings. The van der Waals surface area contributed by atoms with Gasteiger partial charge in [-0.3, -0.25) is 0 Å². The first-order valence-corrected chi connectivity index (χ1v) is 12.3. The molecule has 3 aromatic carbocycles. The summed E-state index contributed by atoms with van der Waals surface area (Å²) in [6, 6.07) is 22.6. The van der Waals surface area contributed by atoms with E-state index in [2.05, 4.69) is 30.3 Å². The molecule has 172 valence electrons. The summed E-state index contributed by atoms with van der Waals surface area (Å²) >= 11 is 4.78. The van der Waals surface area contributed by atoms with Crippen LogP contribution in [0.2, 0.25) is 0 Å². The van der Waals surface area contributed by atoms with Crippen molar-refractivity contribution in [3.8, 4) is 33.8 Å². The Labute approximate surface area is 201 Å². The minimum Gasteiger partial charge on any atom is -0.465 e. The Morgan fingerprint density at radius 1 is 0.636 bits per heavy atom. The minimum atomic E-state index is -0.142. The molecule has 3 aromatic rings. The van der Waals surface area contributed by atoms with E-state index in [0.29, 0.717) is 0 Å². The first kappa shape index (κ1) is 22.3. The molecule has 0 bridgehead atoms. The Kier molecular flexibility index (Phi) is 7.20. The summed E-state index contributed by atoms with van der Waals surface area (Å²) in [5.74, 6) is 1.66. The fraction of sp³-hybridized carbons (Fsp3) is 0.357. The van der Waals surface area contributed by atoms with Crippen molar-refractivity contribution in [3.63, 3.8) is 0 Å². The smallest absolute Gasteiger partial charge is 0.199 e. The quantitative estimate of drug-likeness (QED) is 0.396. The second kappa shape index (κ2) is 10.6. The molecule has 5 heteroatoms. The molecule has 0 spiro atoms. The molecule has 0 saturated carbocycles. The molecule has 2 aliphatic rings. The van der Waals surface area contributed by atoms with Gasteiger partial charge in [0.15, 0.2) is 12.6 Å². The van der Waals surface area contributed by atoms with Crippen molar-refractivity contribution in [2.45, 2.75) is 56.0 Å². The van der Waals surface area contributed by atoms with Crippen LogP contribution in [0.5, 0.6) is 11.5 Å². The highest BCUT2D eigenvalue weighted by Crippen LogP contribution is 2.38. The molecule has 2 heterocycles. The molecule has 2 saturated heterocycles. The van der Waals surface area contributed by atoms with Crippen LogP contribution in [0.4, 0.5) is 0 Å². The predicted octanol–water partition coefficient (Wildman–Crippen LogP) is 7.12. The zero-order valence-corrected chi connectivity index (χ0v) is 19.6. The SMILES string of the molecule is Sc1cccc(-c2ccc(OC3CCCCO3)cc2)c1-c1ccc(OC2CCCCO2)cc1. The fourth-order valence-electron chi connectivity index (χ4n) is 4.41.